The van der Waals surface area contributed by atoms with E-state index in [0.29, 0.717) is 11.6 Å². The van der Waals surface area contributed by atoms with Gasteiger partial charge in [0, 0.05) is 23.1 Å². The van der Waals surface area contributed by atoms with Crippen molar-refractivity contribution < 1.29 is 9.53 Å². The number of ether oxygens (including phenoxy) is 1. The predicted molar refractivity (Wildman–Crippen MR) is 83.4 cm³/mol. The molecule has 21 heavy (non-hydrogen) atoms. The second kappa shape index (κ2) is 5.90. The van der Waals surface area contributed by atoms with E-state index >= 15 is 0 Å². The number of aromatic amines is 1. The lowest BCUT2D eigenvalue weighted by Gasteiger charge is -2.35. The van der Waals surface area contributed by atoms with E-state index in [0.717, 1.165) is 23.9 Å². The van der Waals surface area contributed by atoms with Crippen molar-refractivity contribution in [1.82, 2.24) is 9.88 Å². The fraction of sp³-hybridized carbons (Fsp3) is 0.471. The molecule has 3 rings (SSSR count). The first-order valence-electron chi connectivity index (χ1n) is 7.64. The van der Waals surface area contributed by atoms with Gasteiger partial charge in [0.1, 0.15) is 6.10 Å². The summed E-state index contributed by atoms with van der Waals surface area (Å²) in [6.45, 7) is 3.08. The van der Waals surface area contributed by atoms with Gasteiger partial charge in [-0.2, -0.15) is 0 Å². The summed E-state index contributed by atoms with van der Waals surface area (Å²) in [5, 5.41) is 0.923. The molecule has 4 heteroatoms. The molecule has 4 nitrogen and oxygen atoms in total. The number of piperidine rings is 1. The minimum atomic E-state index is -0.237. The lowest BCUT2D eigenvalue weighted by atomic mass is 9.99. The zero-order valence-corrected chi connectivity index (χ0v) is 12.6. The smallest absolute Gasteiger partial charge is 0.340 e. The first-order chi connectivity index (χ1) is 10.2. The molecule has 2 heterocycles. The monoisotopic (exact) mass is 286 g/mol. The average Bonchev–Trinajstić information content (AvgIpc) is 2.91. The van der Waals surface area contributed by atoms with Crippen molar-refractivity contribution in [2.24, 2.45) is 0 Å². The average molecular weight is 286 g/mol. The maximum absolute atomic E-state index is 12.4. The lowest BCUT2D eigenvalue weighted by molar-refractivity contribution is 0.00139. The third-order valence-electron chi connectivity index (χ3n) is 4.47. The van der Waals surface area contributed by atoms with Gasteiger partial charge in [-0.15, -0.1) is 0 Å². The summed E-state index contributed by atoms with van der Waals surface area (Å²) in [5.74, 6) is -0.237. The molecule has 1 saturated heterocycles. The van der Waals surface area contributed by atoms with Gasteiger partial charge in [-0.05, 0) is 39.4 Å². The summed E-state index contributed by atoms with van der Waals surface area (Å²) in [5.41, 5.74) is 1.59. The number of hydrogen-bond donors (Lipinski definition) is 1. The minimum absolute atomic E-state index is 0.0866. The van der Waals surface area contributed by atoms with Crippen LogP contribution in [0.15, 0.2) is 30.5 Å². The van der Waals surface area contributed by atoms with Crippen molar-refractivity contribution in [3.8, 4) is 0 Å². The number of H-pyrrole nitrogens is 1. The number of esters is 1. The second-order valence-electron chi connectivity index (χ2n) is 5.90. The quantitative estimate of drug-likeness (QED) is 0.881. The SMILES string of the molecule is C[C@@H](OC(=O)c1c[nH]c2ccccc12)[C@H]1CCCCN1C. The number of carbonyl (C=O) groups excluding carboxylic acids is 1. The van der Waals surface area contributed by atoms with Crippen molar-refractivity contribution in [3.63, 3.8) is 0 Å². The van der Waals surface area contributed by atoms with E-state index in [1.807, 2.05) is 31.2 Å². The van der Waals surface area contributed by atoms with Crippen LogP contribution in [0.3, 0.4) is 0 Å². The number of benzene rings is 1. The number of para-hydroxylation sites is 1. The van der Waals surface area contributed by atoms with Crippen LogP contribution in [-0.2, 0) is 4.74 Å². The van der Waals surface area contributed by atoms with Gasteiger partial charge in [-0.3, -0.25) is 4.90 Å². The van der Waals surface area contributed by atoms with Crippen LogP contribution in [-0.4, -0.2) is 41.6 Å². The predicted octanol–water partition coefficient (Wildman–Crippen LogP) is 3.20. The number of nitrogens with one attached hydrogen (secondary N) is 1. The highest BCUT2D eigenvalue weighted by molar-refractivity contribution is 6.04. The van der Waals surface area contributed by atoms with Gasteiger partial charge in [-0.1, -0.05) is 24.6 Å². The highest BCUT2D eigenvalue weighted by Crippen LogP contribution is 2.23. The standard InChI is InChI=1S/C17H22N2O2/c1-12(16-9-5-6-10-19(16)2)21-17(20)14-11-18-15-8-4-3-7-13(14)15/h3-4,7-8,11-12,16,18H,5-6,9-10H2,1-2H3/t12-,16-/m1/s1. The Morgan fingerprint density at radius 1 is 1.38 bits per heavy atom. The number of aromatic nitrogens is 1. The van der Waals surface area contributed by atoms with Crippen LogP contribution in [0.4, 0.5) is 0 Å². The molecule has 1 aliphatic rings. The Kier molecular flexibility index (Phi) is 3.97. The largest absolute Gasteiger partial charge is 0.457 e. The number of likely N-dealkylation sites (N-methyl/N-ethyl adjacent to an activating group) is 1. The van der Waals surface area contributed by atoms with Gasteiger partial charge in [0.25, 0.3) is 0 Å². The Balaban J connectivity index is 1.73. The van der Waals surface area contributed by atoms with Crippen molar-refractivity contribution in [2.45, 2.75) is 38.3 Å². The van der Waals surface area contributed by atoms with E-state index in [1.165, 1.54) is 12.8 Å². The molecule has 1 aromatic heterocycles. The fourth-order valence-electron chi connectivity index (χ4n) is 3.25. The summed E-state index contributed by atoms with van der Waals surface area (Å²) in [4.78, 5) is 17.8. The van der Waals surface area contributed by atoms with Crippen molar-refractivity contribution >= 4 is 16.9 Å². The maximum Gasteiger partial charge on any atom is 0.340 e. The number of hydrogen-bond acceptors (Lipinski definition) is 3. The van der Waals surface area contributed by atoms with Crippen LogP contribution in [0, 0.1) is 0 Å². The highest BCUT2D eigenvalue weighted by atomic mass is 16.5. The highest BCUT2D eigenvalue weighted by Gasteiger charge is 2.28. The van der Waals surface area contributed by atoms with Gasteiger partial charge in [0.2, 0.25) is 0 Å². The molecule has 0 amide bonds. The van der Waals surface area contributed by atoms with E-state index in [2.05, 4.69) is 16.9 Å². The molecule has 1 aromatic carbocycles. The molecular weight excluding hydrogens is 264 g/mol. The first-order valence-corrected chi connectivity index (χ1v) is 7.64. The number of nitrogens with zero attached hydrogens (tertiary/aromatic N) is 1. The summed E-state index contributed by atoms with van der Waals surface area (Å²) in [7, 11) is 2.11. The van der Waals surface area contributed by atoms with Gasteiger partial charge in [-0.25, -0.2) is 4.79 Å². The number of rotatable bonds is 3. The summed E-state index contributed by atoms with van der Waals surface area (Å²) < 4.78 is 5.71. The topological polar surface area (TPSA) is 45.3 Å². The lowest BCUT2D eigenvalue weighted by Crippen LogP contribution is -2.44. The third kappa shape index (κ3) is 2.81. The van der Waals surface area contributed by atoms with E-state index in [-0.39, 0.29) is 12.1 Å². The Labute approximate surface area is 125 Å². The Hall–Kier alpha value is -1.81. The van der Waals surface area contributed by atoms with Crippen LogP contribution in [0.25, 0.3) is 10.9 Å². The minimum Gasteiger partial charge on any atom is -0.457 e. The van der Waals surface area contributed by atoms with Crippen molar-refractivity contribution in [1.29, 1.82) is 0 Å². The van der Waals surface area contributed by atoms with E-state index in [4.69, 9.17) is 4.74 Å². The molecule has 0 spiro atoms. The number of fused-ring (bicyclic) bond motifs is 1. The molecule has 0 aliphatic carbocycles. The van der Waals surface area contributed by atoms with Crippen LogP contribution >= 0.6 is 0 Å². The molecule has 1 fully saturated rings. The van der Waals surface area contributed by atoms with Gasteiger partial charge < -0.3 is 9.72 Å². The molecule has 0 bridgehead atoms. The van der Waals surface area contributed by atoms with Gasteiger partial charge in [0.05, 0.1) is 5.56 Å². The molecule has 2 atom stereocenters. The third-order valence-corrected chi connectivity index (χ3v) is 4.47. The van der Waals surface area contributed by atoms with Crippen LogP contribution in [0.1, 0.15) is 36.5 Å². The molecule has 112 valence electrons. The Morgan fingerprint density at radius 3 is 3.00 bits per heavy atom. The molecule has 0 unspecified atom stereocenters. The van der Waals surface area contributed by atoms with Gasteiger partial charge in [0.15, 0.2) is 0 Å². The first kappa shape index (κ1) is 14.1. The van der Waals surface area contributed by atoms with E-state index in [1.54, 1.807) is 6.20 Å². The molecule has 2 aromatic rings. The Morgan fingerprint density at radius 2 is 2.19 bits per heavy atom. The number of carbonyl (C=O) groups is 1. The summed E-state index contributed by atoms with van der Waals surface area (Å²) in [6, 6.07) is 8.12. The number of likely N-dealkylation sites (tertiary alicyclic amines) is 1. The molecule has 0 radical (unpaired) electrons. The van der Waals surface area contributed by atoms with Crippen molar-refractivity contribution in [3.05, 3.63) is 36.0 Å². The summed E-state index contributed by atoms with van der Waals surface area (Å²) in [6.07, 6.45) is 5.19. The fourth-order valence-corrected chi connectivity index (χ4v) is 3.25. The Bertz CT molecular complexity index is 635. The molecule has 1 N–H and O–H groups in total. The van der Waals surface area contributed by atoms with E-state index in [9.17, 15) is 4.79 Å². The molecule has 1 aliphatic heterocycles. The zero-order valence-electron chi connectivity index (χ0n) is 12.6. The van der Waals surface area contributed by atoms with Crippen LogP contribution in [0.5, 0.6) is 0 Å². The van der Waals surface area contributed by atoms with Crippen molar-refractivity contribution in [2.75, 3.05) is 13.6 Å². The summed E-state index contributed by atoms with van der Waals surface area (Å²) >= 11 is 0. The maximum atomic E-state index is 12.4. The van der Waals surface area contributed by atoms with Crippen LogP contribution < -0.4 is 0 Å². The second-order valence-corrected chi connectivity index (χ2v) is 5.90. The van der Waals surface area contributed by atoms with Crippen LogP contribution in [0.2, 0.25) is 0 Å². The molecular formula is C17H22N2O2. The van der Waals surface area contributed by atoms with Gasteiger partial charge >= 0.3 is 5.97 Å². The normalized spacial score (nSPS) is 21.3. The van der Waals surface area contributed by atoms with E-state index < -0.39 is 0 Å². The molecule has 0 saturated carbocycles. The zero-order chi connectivity index (χ0) is 14.8.